The molecule has 0 saturated heterocycles. The normalized spacial score (nSPS) is 13.0. The number of para-hydroxylation sites is 5. The van der Waals surface area contributed by atoms with Crippen molar-refractivity contribution in [1.29, 1.82) is 0 Å². The van der Waals surface area contributed by atoms with Crippen LogP contribution in [-0.2, 0) is 5.41 Å². The van der Waals surface area contributed by atoms with Gasteiger partial charge in [-0.1, -0.05) is 153 Å². The molecule has 67 heavy (non-hydrogen) atoms. The Morgan fingerprint density at radius 1 is 0.299 bits per heavy atom. The summed E-state index contributed by atoms with van der Waals surface area (Å²) in [5.41, 5.74) is 19.9. The van der Waals surface area contributed by atoms with Crippen LogP contribution in [0.15, 0.2) is 226 Å². The third kappa shape index (κ3) is 5.66. The number of nitrogens with zero attached hydrogens (tertiary/aromatic N) is 1. The van der Waals surface area contributed by atoms with E-state index >= 15 is 0 Å². The highest BCUT2D eigenvalue weighted by Crippen LogP contribution is 2.51. The van der Waals surface area contributed by atoms with E-state index in [0.717, 1.165) is 116 Å². The average molecular weight is 860 g/mol. The predicted octanol–water partition coefficient (Wildman–Crippen LogP) is 18.2. The van der Waals surface area contributed by atoms with Crippen molar-refractivity contribution in [3.63, 3.8) is 0 Å². The van der Waals surface area contributed by atoms with Crippen molar-refractivity contribution in [3.05, 3.63) is 223 Å². The van der Waals surface area contributed by atoms with Crippen LogP contribution in [0.25, 0.3) is 110 Å². The first-order chi connectivity index (χ1) is 33.0. The van der Waals surface area contributed by atoms with Gasteiger partial charge in [-0.05, 0) is 112 Å². The van der Waals surface area contributed by atoms with Crippen LogP contribution >= 0.6 is 0 Å². The smallest absolute Gasteiger partial charge is 0.143 e. The second kappa shape index (κ2) is 14.2. The van der Waals surface area contributed by atoms with Crippen LogP contribution in [0.1, 0.15) is 25.0 Å². The molecule has 0 amide bonds. The van der Waals surface area contributed by atoms with Crippen molar-refractivity contribution >= 4 is 82.9 Å². The van der Waals surface area contributed by atoms with Gasteiger partial charge in [0.25, 0.3) is 0 Å². The van der Waals surface area contributed by atoms with Crippen molar-refractivity contribution in [1.82, 2.24) is 0 Å². The van der Waals surface area contributed by atoms with E-state index < -0.39 is 0 Å². The molecule has 0 fully saturated rings. The molecular formula is C63H41NO3. The maximum Gasteiger partial charge on any atom is 0.143 e. The molecule has 0 aliphatic heterocycles. The fraction of sp³-hybridized carbons (Fsp3) is 0.0476. The molecule has 4 nitrogen and oxygen atoms in total. The molecule has 1 aliphatic carbocycles. The topological polar surface area (TPSA) is 42.7 Å². The highest BCUT2D eigenvalue weighted by atomic mass is 16.3. The lowest BCUT2D eigenvalue weighted by Crippen LogP contribution is -2.16. The summed E-state index contributed by atoms with van der Waals surface area (Å²) in [4.78, 5) is 2.37. The first-order valence-electron chi connectivity index (χ1n) is 23.0. The highest BCUT2D eigenvalue weighted by Gasteiger charge is 2.36. The minimum absolute atomic E-state index is 0.104. The fourth-order valence-electron chi connectivity index (χ4n) is 11.0. The van der Waals surface area contributed by atoms with E-state index in [1.807, 2.05) is 24.3 Å². The van der Waals surface area contributed by atoms with Gasteiger partial charge in [-0.15, -0.1) is 0 Å². The van der Waals surface area contributed by atoms with E-state index in [-0.39, 0.29) is 5.41 Å². The number of rotatable bonds is 6. The Morgan fingerprint density at radius 2 is 0.821 bits per heavy atom. The van der Waals surface area contributed by atoms with Gasteiger partial charge < -0.3 is 18.2 Å². The van der Waals surface area contributed by atoms with Gasteiger partial charge in [-0.3, -0.25) is 0 Å². The van der Waals surface area contributed by atoms with Crippen LogP contribution in [0.5, 0.6) is 0 Å². The predicted molar refractivity (Wildman–Crippen MR) is 277 cm³/mol. The lowest BCUT2D eigenvalue weighted by atomic mass is 9.82. The molecule has 0 unspecified atom stereocenters. The first kappa shape index (κ1) is 37.7. The van der Waals surface area contributed by atoms with Crippen LogP contribution in [-0.4, -0.2) is 0 Å². The molecular weight excluding hydrogens is 819 g/mol. The maximum atomic E-state index is 6.92. The monoisotopic (exact) mass is 859 g/mol. The quantitative estimate of drug-likeness (QED) is 0.167. The number of anilines is 3. The number of benzene rings is 10. The number of hydrogen-bond donors (Lipinski definition) is 0. The molecule has 13 aromatic rings. The van der Waals surface area contributed by atoms with E-state index in [1.54, 1.807) is 0 Å². The van der Waals surface area contributed by atoms with Gasteiger partial charge in [-0.2, -0.15) is 0 Å². The maximum absolute atomic E-state index is 6.92. The Morgan fingerprint density at radius 3 is 1.57 bits per heavy atom. The van der Waals surface area contributed by atoms with Gasteiger partial charge >= 0.3 is 0 Å². The van der Waals surface area contributed by atoms with Gasteiger partial charge in [-0.25, -0.2) is 0 Å². The molecule has 4 heteroatoms. The van der Waals surface area contributed by atoms with E-state index in [1.165, 1.54) is 22.3 Å². The van der Waals surface area contributed by atoms with Crippen molar-refractivity contribution < 1.29 is 13.3 Å². The third-order valence-corrected chi connectivity index (χ3v) is 14.3. The summed E-state index contributed by atoms with van der Waals surface area (Å²) in [5.74, 6) is 0. The third-order valence-electron chi connectivity index (χ3n) is 14.3. The van der Waals surface area contributed by atoms with Gasteiger partial charge in [0.15, 0.2) is 0 Å². The van der Waals surface area contributed by atoms with Crippen LogP contribution in [0.2, 0.25) is 0 Å². The van der Waals surface area contributed by atoms with Gasteiger partial charge in [0.1, 0.15) is 33.5 Å². The second-order valence-electron chi connectivity index (χ2n) is 18.4. The van der Waals surface area contributed by atoms with E-state index in [2.05, 4.69) is 207 Å². The second-order valence-corrected chi connectivity index (χ2v) is 18.4. The molecule has 0 bridgehead atoms. The van der Waals surface area contributed by atoms with Crippen LogP contribution in [0, 0.1) is 0 Å². The molecule has 316 valence electrons. The standard InChI is InChI=1S/C63H41NO3/c1-63(2)55-23-9-6-16-45(55)46-32-31-43(37-56(46)63)64(41-14-4-3-5-15-41)42-29-26-38(27-30-42)39-28-33-59-52(34-39)54-36-40(44-19-12-20-49-47-17-7-10-24-57(47)65-60(44)49)35-53(62(54)67-59)51-22-13-21-50-48-18-8-11-25-58(48)66-61(50)51/h3-37H,1-2H3. The van der Waals surface area contributed by atoms with E-state index in [0.29, 0.717) is 0 Å². The van der Waals surface area contributed by atoms with Gasteiger partial charge in [0.2, 0.25) is 0 Å². The van der Waals surface area contributed by atoms with Crippen molar-refractivity contribution in [2.24, 2.45) is 0 Å². The van der Waals surface area contributed by atoms with Crippen LogP contribution in [0.3, 0.4) is 0 Å². The molecule has 10 aromatic carbocycles. The van der Waals surface area contributed by atoms with Gasteiger partial charge in [0.05, 0.1) is 0 Å². The zero-order valence-corrected chi connectivity index (χ0v) is 36.9. The molecule has 3 aromatic heterocycles. The number of fused-ring (bicyclic) bond motifs is 12. The zero-order chi connectivity index (χ0) is 44.4. The highest BCUT2D eigenvalue weighted by molar-refractivity contribution is 6.18. The summed E-state index contributed by atoms with van der Waals surface area (Å²) in [6, 6.07) is 75.8. The summed E-state index contributed by atoms with van der Waals surface area (Å²) in [5, 5.41) is 6.43. The molecule has 14 rings (SSSR count). The largest absolute Gasteiger partial charge is 0.455 e. The molecule has 0 N–H and O–H groups in total. The Labute approximate surface area is 386 Å². The number of furan rings is 3. The summed E-state index contributed by atoms with van der Waals surface area (Å²) in [6.07, 6.45) is 0. The van der Waals surface area contributed by atoms with E-state index in [4.69, 9.17) is 13.3 Å². The summed E-state index contributed by atoms with van der Waals surface area (Å²) in [7, 11) is 0. The molecule has 0 spiro atoms. The summed E-state index contributed by atoms with van der Waals surface area (Å²) < 4.78 is 20.2. The SMILES string of the molecule is CC1(C)c2ccccc2-c2ccc(N(c3ccccc3)c3ccc(-c4ccc5oc6c(-c7cccc8c7oc7ccccc78)cc(-c7cccc8c7oc7ccccc78)cc6c5c4)cc3)cc21. The zero-order valence-electron chi connectivity index (χ0n) is 36.9. The number of hydrogen-bond acceptors (Lipinski definition) is 4. The van der Waals surface area contributed by atoms with Crippen LogP contribution in [0.4, 0.5) is 17.1 Å². The van der Waals surface area contributed by atoms with Crippen molar-refractivity contribution in [2.45, 2.75) is 19.3 Å². The Balaban J connectivity index is 0.921. The van der Waals surface area contributed by atoms with Crippen LogP contribution < -0.4 is 4.90 Å². The first-order valence-corrected chi connectivity index (χ1v) is 23.0. The molecule has 0 radical (unpaired) electrons. The Bertz CT molecular complexity index is 4130. The van der Waals surface area contributed by atoms with Crippen molar-refractivity contribution in [3.8, 4) is 44.5 Å². The average Bonchev–Trinajstić information content (AvgIpc) is 4.12. The summed E-state index contributed by atoms with van der Waals surface area (Å²) in [6.45, 7) is 4.68. The molecule has 0 saturated carbocycles. The minimum Gasteiger partial charge on any atom is -0.455 e. The fourth-order valence-corrected chi connectivity index (χ4v) is 11.0. The van der Waals surface area contributed by atoms with E-state index in [9.17, 15) is 0 Å². The molecule has 3 heterocycles. The lowest BCUT2D eigenvalue weighted by Gasteiger charge is -2.28. The Hall–Kier alpha value is -8.60. The Kier molecular flexibility index (Phi) is 8.00. The van der Waals surface area contributed by atoms with Crippen molar-refractivity contribution in [2.75, 3.05) is 4.90 Å². The molecule has 1 aliphatic rings. The van der Waals surface area contributed by atoms with Gasteiger partial charge in [0, 0.05) is 71.5 Å². The summed E-state index contributed by atoms with van der Waals surface area (Å²) >= 11 is 0. The molecule has 0 atom stereocenters. The lowest BCUT2D eigenvalue weighted by molar-refractivity contribution is 0.660. The minimum atomic E-state index is -0.104.